The van der Waals surface area contributed by atoms with Crippen molar-refractivity contribution < 1.29 is 4.74 Å². The number of rotatable bonds is 3. The lowest BCUT2D eigenvalue weighted by molar-refractivity contribution is 0.419. The van der Waals surface area contributed by atoms with Crippen molar-refractivity contribution in [3.63, 3.8) is 0 Å². The number of H-pyrrole nitrogens is 1. The van der Waals surface area contributed by atoms with Crippen molar-refractivity contribution in [2.45, 2.75) is 18.9 Å². The van der Waals surface area contributed by atoms with Gasteiger partial charge < -0.3 is 14.3 Å². The van der Waals surface area contributed by atoms with Crippen LogP contribution in [0.25, 0.3) is 11.0 Å². The molecule has 0 amide bonds. The smallest absolute Gasteiger partial charge is 0.178 e. The molecule has 4 heteroatoms. The van der Waals surface area contributed by atoms with E-state index in [0.717, 1.165) is 34.5 Å². The van der Waals surface area contributed by atoms with Crippen molar-refractivity contribution >= 4 is 23.3 Å². The zero-order chi connectivity index (χ0) is 14.4. The average Bonchev–Trinajstić information content (AvgIpc) is 2.80. The van der Waals surface area contributed by atoms with Gasteiger partial charge in [-0.05, 0) is 41.9 Å². The van der Waals surface area contributed by atoms with Gasteiger partial charge in [0.2, 0.25) is 0 Å². The van der Waals surface area contributed by atoms with Gasteiger partial charge in [0, 0.05) is 12.5 Å². The number of imidazole rings is 1. The molecule has 0 aliphatic heterocycles. The van der Waals surface area contributed by atoms with E-state index in [0.29, 0.717) is 5.92 Å². The summed E-state index contributed by atoms with van der Waals surface area (Å²) in [6.45, 7) is 0.920. The molecule has 21 heavy (non-hydrogen) atoms. The van der Waals surface area contributed by atoms with E-state index >= 15 is 0 Å². The minimum atomic E-state index is 0.554. The molecule has 1 aliphatic rings. The molecule has 2 aromatic carbocycles. The van der Waals surface area contributed by atoms with Crippen LogP contribution in [0.4, 0.5) is 0 Å². The maximum atomic E-state index is 5.50. The molecule has 1 atom stereocenters. The second-order valence-corrected chi connectivity index (χ2v) is 5.88. The summed E-state index contributed by atoms with van der Waals surface area (Å²) in [7, 11) is 1.69. The van der Waals surface area contributed by atoms with E-state index in [1.807, 2.05) is 12.1 Å². The number of benzene rings is 2. The second kappa shape index (κ2) is 4.74. The summed E-state index contributed by atoms with van der Waals surface area (Å²) in [5.74, 6) is 1.39. The first kappa shape index (κ1) is 12.7. The molecule has 0 saturated carbocycles. The summed E-state index contributed by atoms with van der Waals surface area (Å²) in [5, 5.41) is 0. The van der Waals surface area contributed by atoms with Crippen LogP contribution in [-0.2, 0) is 13.0 Å². The lowest BCUT2D eigenvalue weighted by Crippen LogP contribution is -2.21. The molecule has 1 aliphatic carbocycles. The van der Waals surface area contributed by atoms with Gasteiger partial charge in [-0.2, -0.15) is 0 Å². The Morgan fingerprint density at radius 2 is 2.10 bits per heavy atom. The molecule has 0 bridgehead atoms. The Kier molecular flexibility index (Phi) is 2.86. The Hall–Kier alpha value is -2.07. The normalized spacial score (nSPS) is 16.5. The molecule has 0 radical (unpaired) electrons. The molecule has 1 heterocycles. The van der Waals surface area contributed by atoms with Gasteiger partial charge in [0.1, 0.15) is 11.3 Å². The van der Waals surface area contributed by atoms with Gasteiger partial charge in [0.05, 0.1) is 12.6 Å². The predicted molar refractivity (Wildman–Crippen MR) is 86.6 cm³/mol. The highest BCUT2D eigenvalue weighted by Crippen LogP contribution is 2.37. The fourth-order valence-electron chi connectivity index (χ4n) is 3.25. The largest absolute Gasteiger partial charge is 0.494 e. The van der Waals surface area contributed by atoms with E-state index in [1.165, 1.54) is 11.1 Å². The summed E-state index contributed by atoms with van der Waals surface area (Å²) in [6.07, 6.45) is 1.13. The topological polar surface area (TPSA) is 29.9 Å². The first-order valence-corrected chi connectivity index (χ1v) is 7.52. The quantitative estimate of drug-likeness (QED) is 0.739. The number of hydrogen-bond acceptors (Lipinski definition) is 2. The van der Waals surface area contributed by atoms with Crippen LogP contribution in [-0.4, -0.2) is 16.7 Å². The van der Waals surface area contributed by atoms with Gasteiger partial charge in [0.15, 0.2) is 4.77 Å². The third kappa shape index (κ3) is 1.90. The number of ether oxygens (including phenoxy) is 1. The number of nitrogens with one attached hydrogen (secondary N) is 1. The monoisotopic (exact) mass is 296 g/mol. The van der Waals surface area contributed by atoms with Crippen LogP contribution in [0.3, 0.4) is 0 Å². The summed E-state index contributed by atoms with van der Waals surface area (Å²) in [5.41, 5.74) is 5.02. The van der Waals surface area contributed by atoms with Gasteiger partial charge in [0.25, 0.3) is 0 Å². The number of hydrogen-bond donors (Lipinski definition) is 1. The Balaban J connectivity index is 1.75. The predicted octanol–water partition coefficient (Wildman–Crippen LogP) is 4.05. The Morgan fingerprint density at radius 1 is 1.24 bits per heavy atom. The van der Waals surface area contributed by atoms with Crippen LogP contribution < -0.4 is 4.74 Å². The maximum Gasteiger partial charge on any atom is 0.178 e. The van der Waals surface area contributed by atoms with E-state index in [-0.39, 0.29) is 0 Å². The highest BCUT2D eigenvalue weighted by atomic mass is 32.1. The van der Waals surface area contributed by atoms with Crippen molar-refractivity contribution in [1.82, 2.24) is 9.55 Å². The molecule has 0 fully saturated rings. The van der Waals surface area contributed by atoms with Crippen LogP contribution in [0.2, 0.25) is 0 Å². The summed E-state index contributed by atoms with van der Waals surface area (Å²) in [4.78, 5) is 3.28. The molecular weight excluding hydrogens is 280 g/mol. The zero-order valence-electron chi connectivity index (χ0n) is 11.8. The number of methoxy groups -OCH3 is 1. The molecule has 0 spiro atoms. The van der Waals surface area contributed by atoms with Gasteiger partial charge in [-0.3, -0.25) is 0 Å². The number of aromatic amines is 1. The average molecular weight is 296 g/mol. The number of nitrogens with zero attached hydrogens (tertiary/aromatic N) is 1. The fourth-order valence-corrected chi connectivity index (χ4v) is 3.53. The SMILES string of the molecule is COc1cccc2c1[nH]c(=S)n2CC1Cc2ccccc21. The third-order valence-corrected chi connectivity index (χ3v) is 4.68. The molecule has 0 saturated heterocycles. The Bertz CT molecular complexity index is 878. The molecule has 1 unspecified atom stereocenters. The van der Waals surface area contributed by atoms with Crippen molar-refractivity contribution in [3.05, 3.63) is 58.4 Å². The van der Waals surface area contributed by atoms with Crippen LogP contribution >= 0.6 is 12.2 Å². The molecule has 3 aromatic rings. The molecule has 4 rings (SSSR count). The zero-order valence-corrected chi connectivity index (χ0v) is 12.6. The van der Waals surface area contributed by atoms with E-state index < -0.39 is 0 Å². The van der Waals surface area contributed by atoms with Gasteiger partial charge >= 0.3 is 0 Å². The van der Waals surface area contributed by atoms with Crippen molar-refractivity contribution in [3.8, 4) is 5.75 Å². The summed E-state index contributed by atoms with van der Waals surface area (Å²) in [6, 6.07) is 14.7. The first-order chi connectivity index (χ1) is 10.3. The second-order valence-electron chi connectivity index (χ2n) is 5.50. The van der Waals surface area contributed by atoms with Gasteiger partial charge in [-0.15, -0.1) is 0 Å². The molecule has 1 aromatic heterocycles. The van der Waals surface area contributed by atoms with Crippen LogP contribution in [0.5, 0.6) is 5.75 Å². The van der Waals surface area contributed by atoms with Crippen molar-refractivity contribution in [1.29, 1.82) is 0 Å². The van der Waals surface area contributed by atoms with Crippen LogP contribution in [0.15, 0.2) is 42.5 Å². The molecular formula is C17H16N2OS. The van der Waals surface area contributed by atoms with E-state index in [1.54, 1.807) is 7.11 Å². The lowest BCUT2D eigenvalue weighted by atomic mass is 9.77. The standard InChI is InChI=1S/C17H16N2OS/c1-20-15-8-4-7-14-16(15)18-17(21)19(14)10-12-9-11-5-2-3-6-13(11)12/h2-8,12H,9-10H2,1H3,(H,18,21). The number of aromatic nitrogens is 2. The Morgan fingerprint density at radius 3 is 2.90 bits per heavy atom. The number of para-hydroxylation sites is 1. The van der Waals surface area contributed by atoms with E-state index in [2.05, 4.69) is 39.9 Å². The van der Waals surface area contributed by atoms with Crippen LogP contribution in [0.1, 0.15) is 17.0 Å². The minimum absolute atomic E-state index is 0.554. The van der Waals surface area contributed by atoms with Gasteiger partial charge in [-0.25, -0.2) is 0 Å². The Labute approximate surface area is 128 Å². The van der Waals surface area contributed by atoms with E-state index in [9.17, 15) is 0 Å². The molecule has 3 nitrogen and oxygen atoms in total. The number of fused-ring (bicyclic) bond motifs is 2. The first-order valence-electron chi connectivity index (χ1n) is 7.11. The third-order valence-electron chi connectivity index (χ3n) is 4.36. The van der Waals surface area contributed by atoms with E-state index in [4.69, 9.17) is 17.0 Å². The minimum Gasteiger partial charge on any atom is -0.494 e. The summed E-state index contributed by atoms with van der Waals surface area (Å²) >= 11 is 5.50. The maximum absolute atomic E-state index is 5.50. The highest BCUT2D eigenvalue weighted by molar-refractivity contribution is 7.71. The summed E-state index contributed by atoms with van der Waals surface area (Å²) < 4.78 is 8.36. The van der Waals surface area contributed by atoms with Crippen molar-refractivity contribution in [2.24, 2.45) is 0 Å². The lowest BCUT2D eigenvalue weighted by Gasteiger charge is -2.30. The van der Waals surface area contributed by atoms with Crippen molar-refractivity contribution in [2.75, 3.05) is 7.11 Å². The molecule has 1 N–H and O–H groups in total. The fraction of sp³-hybridized carbons (Fsp3) is 0.235. The highest BCUT2D eigenvalue weighted by Gasteiger charge is 2.26. The van der Waals surface area contributed by atoms with Crippen LogP contribution in [0, 0.1) is 4.77 Å². The van der Waals surface area contributed by atoms with Gasteiger partial charge in [-0.1, -0.05) is 30.3 Å². The molecule has 106 valence electrons.